The Hall–Kier alpha value is -1.37. The Morgan fingerprint density at radius 2 is 2.06 bits per heavy atom. The molecule has 0 aliphatic rings. The summed E-state index contributed by atoms with van der Waals surface area (Å²) in [4.78, 5) is 8.77. The average Bonchev–Trinajstić information content (AvgIpc) is 2.24. The second kappa shape index (κ2) is 5.31. The van der Waals surface area contributed by atoms with Gasteiger partial charge in [0.25, 0.3) is 0 Å². The zero-order valence-electron chi connectivity index (χ0n) is 9.57. The van der Waals surface area contributed by atoms with Crippen LogP contribution in [0.3, 0.4) is 0 Å². The van der Waals surface area contributed by atoms with E-state index in [0.717, 1.165) is 12.3 Å². The molecule has 0 unspecified atom stereocenters. The molecule has 0 amide bonds. The highest BCUT2D eigenvalue weighted by Crippen LogP contribution is 2.28. The second-order valence-electron chi connectivity index (χ2n) is 3.75. The molecule has 0 saturated heterocycles. The van der Waals surface area contributed by atoms with Gasteiger partial charge in [-0.15, -0.1) is 0 Å². The molecule has 1 aromatic rings. The van der Waals surface area contributed by atoms with Gasteiger partial charge in [0.05, 0.1) is 6.61 Å². The molecule has 1 rings (SSSR count). The highest BCUT2D eigenvalue weighted by Gasteiger charge is 2.33. The van der Waals surface area contributed by atoms with Crippen LogP contribution in [0.1, 0.15) is 19.5 Å². The molecule has 4 nitrogen and oxygen atoms in total. The number of hydrogen-bond acceptors (Lipinski definition) is 4. The minimum atomic E-state index is -4.49. The van der Waals surface area contributed by atoms with Crippen LogP contribution in [0.25, 0.3) is 0 Å². The van der Waals surface area contributed by atoms with Crippen LogP contribution in [0, 0.1) is 0 Å². The summed E-state index contributed by atoms with van der Waals surface area (Å²) in [5.74, 6) is -0.0242. The van der Waals surface area contributed by atoms with Crippen molar-refractivity contribution >= 4 is 5.95 Å². The van der Waals surface area contributed by atoms with Gasteiger partial charge in [-0.1, -0.05) is 0 Å². The van der Waals surface area contributed by atoms with E-state index in [1.807, 2.05) is 0 Å². The van der Waals surface area contributed by atoms with Gasteiger partial charge < -0.3 is 10.0 Å². The van der Waals surface area contributed by atoms with Crippen LogP contribution in [-0.2, 0) is 6.18 Å². The first-order valence-electron chi connectivity index (χ1n) is 5.14. The minimum Gasteiger partial charge on any atom is -0.395 e. The van der Waals surface area contributed by atoms with Gasteiger partial charge in [-0.2, -0.15) is 13.2 Å². The molecule has 0 atom stereocenters. The van der Waals surface area contributed by atoms with Gasteiger partial charge in [-0.25, -0.2) is 9.97 Å². The van der Waals surface area contributed by atoms with Crippen LogP contribution >= 0.6 is 0 Å². The second-order valence-corrected chi connectivity index (χ2v) is 3.75. The molecule has 96 valence electrons. The number of rotatable bonds is 4. The predicted octanol–water partition coefficient (Wildman–Crippen LogP) is 1.70. The van der Waals surface area contributed by atoms with E-state index in [9.17, 15) is 13.2 Å². The van der Waals surface area contributed by atoms with Gasteiger partial charge >= 0.3 is 6.18 Å². The first-order valence-corrected chi connectivity index (χ1v) is 5.14. The van der Waals surface area contributed by atoms with Gasteiger partial charge in [0, 0.05) is 18.8 Å². The topological polar surface area (TPSA) is 49.2 Å². The van der Waals surface area contributed by atoms with Crippen LogP contribution in [0.4, 0.5) is 19.1 Å². The molecule has 0 spiro atoms. The lowest BCUT2D eigenvalue weighted by Crippen LogP contribution is -2.35. The summed E-state index contributed by atoms with van der Waals surface area (Å²) in [7, 11) is 0. The Morgan fingerprint density at radius 1 is 1.41 bits per heavy atom. The van der Waals surface area contributed by atoms with Crippen LogP contribution in [0.5, 0.6) is 0 Å². The molecule has 1 heterocycles. The normalized spacial score (nSPS) is 11.9. The minimum absolute atomic E-state index is 0.0242. The maximum absolute atomic E-state index is 12.5. The first-order chi connectivity index (χ1) is 7.86. The Balaban J connectivity index is 3.04. The maximum atomic E-state index is 12.5. The van der Waals surface area contributed by atoms with Crippen molar-refractivity contribution in [1.29, 1.82) is 0 Å². The molecule has 0 fully saturated rings. The van der Waals surface area contributed by atoms with E-state index in [0.29, 0.717) is 0 Å². The summed E-state index contributed by atoms with van der Waals surface area (Å²) < 4.78 is 37.4. The van der Waals surface area contributed by atoms with Crippen molar-refractivity contribution in [3.63, 3.8) is 0 Å². The molecular formula is C10H14F3N3O. The molecule has 0 aliphatic carbocycles. The fourth-order valence-corrected chi connectivity index (χ4v) is 1.34. The third-order valence-electron chi connectivity index (χ3n) is 2.15. The Morgan fingerprint density at radius 3 is 2.53 bits per heavy atom. The molecule has 1 N–H and O–H groups in total. The molecule has 0 saturated carbocycles. The number of anilines is 1. The van der Waals surface area contributed by atoms with E-state index < -0.39 is 11.9 Å². The smallest absolute Gasteiger partial charge is 0.395 e. The van der Waals surface area contributed by atoms with Crippen molar-refractivity contribution < 1.29 is 18.3 Å². The van der Waals surface area contributed by atoms with Crippen molar-refractivity contribution in [2.45, 2.75) is 26.1 Å². The van der Waals surface area contributed by atoms with E-state index in [1.165, 1.54) is 4.90 Å². The van der Waals surface area contributed by atoms with Gasteiger partial charge in [0.15, 0.2) is 0 Å². The fraction of sp³-hybridized carbons (Fsp3) is 0.600. The largest absolute Gasteiger partial charge is 0.433 e. The fourth-order valence-electron chi connectivity index (χ4n) is 1.34. The summed E-state index contributed by atoms with van der Waals surface area (Å²) in [6.07, 6.45) is -3.42. The number of hydrogen-bond donors (Lipinski definition) is 1. The van der Waals surface area contributed by atoms with Crippen LogP contribution < -0.4 is 4.90 Å². The zero-order valence-corrected chi connectivity index (χ0v) is 9.57. The van der Waals surface area contributed by atoms with Crippen molar-refractivity contribution in [3.8, 4) is 0 Å². The predicted molar refractivity (Wildman–Crippen MR) is 56.6 cm³/mol. The van der Waals surface area contributed by atoms with Crippen molar-refractivity contribution in [2.75, 3.05) is 18.1 Å². The van der Waals surface area contributed by atoms with E-state index in [-0.39, 0.29) is 25.1 Å². The number of alkyl halides is 3. The average molecular weight is 249 g/mol. The molecule has 17 heavy (non-hydrogen) atoms. The highest BCUT2D eigenvalue weighted by molar-refractivity contribution is 5.32. The lowest BCUT2D eigenvalue weighted by molar-refractivity contribution is -0.141. The molecule has 0 aliphatic heterocycles. The van der Waals surface area contributed by atoms with Gasteiger partial charge in [0.2, 0.25) is 5.95 Å². The number of halogens is 3. The Labute approximate surface area is 97.1 Å². The molecule has 0 aromatic carbocycles. The van der Waals surface area contributed by atoms with E-state index in [1.54, 1.807) is 13.8 Å². The molecule has 0 bridgehead atoms. The van der Waals surface area contributed by atoms with Gasteiger partial charge in [-0.3, -0.25) is 0 Å². The molecular weight excluding hydrogens is 235 g/mol. The first kappa shape index (κ1) is 13.7. The van der Waals surface area contributed by atoms with Crippen molar-refractivity contribution in [2.24, 2.45) is 0 Å². The lowest BCUT2D eigenvalue weighted by Gasteiger charge is -2.26. The third kappa shape index (κ3) is 3.55. The van der Waals surface area contributed by atoms with Crippen LogP contribution in [-0.4, -0.2) is 34.3 Å². The van der Waals surface area contributed by atoms with Crippen LogP contribution in [0.2, 0.25) is 0 Å². The van der Waals surface area contributed by atoms with E-state index in [4.69, 9.17) is 5.11 Å². The quantitative estimate of drug-likeness (QED) is 0.882. The van der Waals surface area contributed by atoms with Gasteiger partial charge in [0.1, 0.15) is 5.69 Å². The Kier molecular flexibility index (Phi) is 4.28. The standard InChI is InChI=1S/C10H14F3N3O/c1-7(2)16(5-6-17)9-14-4-3-8(15-9)10(11,12)13/h3-4,7,17H,5-6H2,1-2H3. The Bertz CT molecular complexity index is 368. The van der Waals surface area contributed by atoms with E-state index in [2.05, 4.69) is 9.97 Å². The van der Waals surface area contributed by atoms with Crippen molar-refractivity contribution in [3.05, 3.63) is 18.0 Å². The van der Waals surface area contributed by atoms with Gasteiger partial charge in [-0.05, 0) is 19.9 Å². The number of aromatic nitrogens is 2. The van der Waals surface area contributed by atoms with Crippen LogP contribution in [0.15, 0.2) is 12.3 Å². The molecule has 0 radical (unpaired) electrons. The lowest BCUT2D eigenvalue weighted by atomic mass is 10.3. The van der Waals surface area contributed by atoms with Crippen molar-refractivity contribution in [1.82, 2.24) is 9.97 Å². The summed E-state index contributed by atoms with van der Waals surface area (Å²) in [6.45, 7) is 3.61. The number of aliphatic hydroxyl groups excluding tert-OH is 1. The monoisotopic (exact) mass is 249 g/mol. The molecule has 1 aromatic heterocycles. The summed E-state index contributed by atoms with van der Waals surface area (Å²) in [5, 5.41) is 8.86. The summed E-state index contributed by atoms with van der Waals surface area (Å²) in [6, 6.07) is 0.728. The molecule has 7 heteroatoms. The SMILES string of the molecule is CC(C)N(CCO)c1nccc(C(F)(F)F)n1. The zero-order chi connectivity index (χ0) is 13.1. The summed E-state index contributed by atoms with van der Waals surface area (Å²) in [5.41, 5.74) is -0.980. The summed E-state index contributed by atoms with van der Waals surface area (Å²) >= 11 is 0. The number of aliphatic hydroxyl groups is 1. The highest BCUT2D eigenvalue weighted by atomic mass is 19.4. The number of nitrogens with zero attached hydrogens (tertiary/aromatic N) is 3. The maximum Gasteiger partial charge on any atom is 0.433 e. The van der Waals surface area contributed by atoms with E-state index >= 15 is 0 Å². The third-order valence-corrected chi connectivity index (χ3v) is 2.15.